The second kappa shape index (κ2) is 9.50. The summed E-state index contributed by atoms with van der Waals surface area (Å²) in [5.41, 5.74) is -3.53. The number of nitrogens with one attached hydrogen (secondary N) is 1. The van der Waals surface area contributed by atoms with Crippen molar-refractivity contribution in [2.45, 2.75) is 76.4 Å². The smallest absolute Gasteiger partial charge is 0.389 e. The number of alkyl halides is 3. The van der Waals surface area contributed by atoms with Gasteiger partial charge in [-0.3, -0.25) is 4.79 Å². The number of likely N-dealkylation sites (tertiary alicyclic amines) is 1. The highest BCUT2D eigenvalue weighted by atomic mass is 19.4. The Hall–Kier alpha value is -2.53. The Morgan fingerprint density at radius 3 is 2.49 bits per heavy atom. The molecule has 1 aliphatic heterocycles. The van der Waals surface area contributed by atoms with Crippen LogP contribution in [0.2, 0.25) is 0 Å². The van der Waals surface area contributed by atoms with E-state index in [4.69, 9.17) is 0 Å². The molecule has 192 valence electrons. The standard InChI is InChI=1S/C24H31F4N5O2/c1-22(2,35)23(21(34)30-13-16-9-17(24(26,27)28)11-18(25)10-16)6-3-20(12-23)32-7-4-19(5-8-32)33-15-29-14-31-33/h9-11,14-15,19-20,35H,3-8,12-13H2,1-2H3,(H,30,34)/t20-,23-/m1/s1. The molecule has 7 nitrogen and oxygen atoms in total. The fraction of sp³-hybridized carbons (Fsp3) is 0.625. The first kappa shape index (κ1) is 25.6. The van der Waals surface area contributed by atoms with E-state index in [9.17, 15) is 27.5 Å². The van der Waals surface area contributed by atoms with Crippen molar-refractivity contribution in [2.24, 2.45) is 5.41 Å². The number of amides is 1. The second-order valence-corrected chi connectivity index (χ2v) is 10.2. The lowest BCUT2D eigenvalue weighted by Gasteiger charge is -2.41. The van der Waals surface area contributed by atoms with Crippen LogP contribution in [0.1, 0.15) is 63.1 Å². The van der Waals surface area contributed by atoms with Crippen LogP contribution >= 0.6 is 0 Å². The van der Waals surface area contributed by atoms with E-state index >= 15 is 0 Å². The van der Waals surface area contributed by atoms with Crippen molar-refractivity contribution < 1.29 is 27.5 Å². The van der Waals surface area contributed by atoms with E-state index in [1.54, 1.807) is 20.2 Å². The van der Waals surface area contributed by atoms with Gasteiger partial charge in [-0.05, 0) is 69.7 Å². The molecule has 2 heterocycles. The molecule has 1 aromatic carbocycles. The number of benzene rings is 1. The van der Waals surface area contributed by atoms with Crippen LogP contribution in [0.25, 0.3) is 0 Å². The largest absolute Gasteiger partial charge is 0.416 e. The number of rotatable bonds is 6. The van der Waals surface area contributed by atoms with Crippen LogP contribution in [0.5, 0.6) is 0 Å². The third kappa shape index (κ3) is 5.35. The van der Waals surface area contributed by atoms with E-state index in [2.05, 4.69) is 20.3 Å². The molecule has 2 N–H and O–H groups in total. The molecule has 2 atom stereocenters. The fourth-order valence-electron chi connectivity index (χ4n) is 5.56. The molecule has 1 amide bonds. The van der Waals surface area contributed by atoms with Crippen LogP contribution in [-0.2, 0) is 17.5 Å². The van der Waals surface area contributed by atoms with Crippen molar-refractivity contribution in [3.8, 4) is 0 Å². The minimum absolute atomic E-state index is 0.0151. The maximum Gasteiger partial charge on any atom is 0.416 e. The zero-order valence-electron chi connectivity index (χ0n) is 19.9. The van der Waals surface area contributed by atoms with Gasteiger partial charge < -0.3 is 15.3 Å². The molecule has 1 aliphatic carbocycles. The van der Waals surface area contributed by atoms with Gasteiger partial charge in [0.25, 0.3) is 0 Å². The summed E-state index contributed by atoms with van der Waals surface area (Å²) in [7, 11) is 0. The van der Waals surface area contributed by atoms with Crippen molar-refractivity contribution in [2.75, 3.05) is 13.1 Å². The Labute approximate surface area is 201 Å². The van der Waals surface area contributed by atoms with Gasteiger partial charge in [-0.1, -0.05) is 0 Å². The van der Waals surface area contributed by atoms with Gasteiger partial charge in [-0.25, -0.2) is 14.1 Å². The molecule has 1 saturated carbocycles. The zero-order chi connectivity index (χ0) is 25.4. The SMILES string of the molecule is CC(C)(O)[C@]1(C(=O)NCc2cc(F)cc(C(F)(F)F)c2)CC[C@@H](N2CCC(n3cncn3)CC2)C1. The van der Waals surface area contributed by atoms with Crippen LogP contribution in [-0.4, -0.2) is 55.4 Å². The Morgan fingerprint density at radius 2 is 1.89 bits per heavy atom. The van der Waals surface area contributed by atoms with Gasteiger partial charge in [-0.2, -0.15) is 18.3 Å². The Bertz CT molecular complexity index is 1030. The molecule has 2 aromatic rings. The van der Waals surface area contributed by atoms with E-state index in [1.165, 1.54) is 6.33 Å². The van der Waals surface area contributed by atoms with E-state index in [0.717, 1.165) is 44.5 Å². The number of nitrogens with zero attached hydrogens (tertiary/aromatic N) is 4. The lowest BCUT2D eigenvalue weighted by atomic mass is 9.71. The van der Waals surface area contributed by atoms with Crippen LogP contribution < -0.4 is 5.32 Å². The molecule has 2 fully saturated rings. The van der Waals surface area contributed by atoms with E-state index in [-0.39, 0.29) is 24.2 Å². The number of carbonyl (C=O) groups excluding carboxylic acids is 1. The molecule has 2 aliphatic rings. The number of carbonyl (C=O) groups is 1. The lowest BCUT2D eigenvalue weighted by Crippen LogP contribution is -2.53. The van der Waals surface area contributed by atoms with Gasteiger partial charge in [0.2, 0.25) is 5.91 Å². The molecule has 1 aromatic heterocycles. The fourth-order valence-corrected chi connectivity index (χ4v) is 5.56. The van der Waals surface area contributed by atoms with Gasteiger partial charge in [-0.15, -0.1) is 0 Å². The molecule has 0 bridgehead atoms. The summed E-state index contributed by atoms with van der Waals surface area (Å²) in [5, 5.41) is 17.9. The quantitative estimate of drug-likeness (QED) is 0.595. The highest BCUT2D eigenvalue weighted by Gasteiger charge is 2.55. The van der Waals surface area contributed by atoms with Crippen molar-refractivity contribution in [1.29, 1.82) is 0 Å². The minimum Gasteiger partial charge on any atom is -0.389 e. The first-order chi connectivity index (χ1) is 16.4. The molecular weight excluding hydrogens is 466 g/mol. The summed E-state index contributed by atoms with van der Waals surface area (Å²) in [4.78, 5) is 19.7. The first-order valence-electron chi connectivity index (χ1n) is 11.8. The van der Waals surface area contributed by atoms with Crippen molar-refractivity contribution in [1.82, 2.24) is 25.0 Å². The Kier molecular flexibility index (Phi) is 6.93. The predicted octanol–water partition coefficient (Wildman–Crippen LogP) is 3.70. The van der Waals surface area contributed by atoms with Crippen LogP contribution in [0, 0.1) is 11.2 Å². The lowest BCUT2D eigenvalue weighted by molar-refractivity contribution is -0.147. The van der Waals surface area contributed by atoms with Crippen molar-refractivity contribution in [3.05, 3.63) is 47.8 Å². The number of hydrogen-bond acceptors (Lipinski definition) is 5. The van der Waals surface area contributed by atoms with E-state index in [1.807, 2.05) is 4.68 Å². The zero-order valence-corrected chi connectivity index (χ0v) is 19.9. The summed E-state index contributed by atoms with van der Waals surface area (Å²) < 4.78 is 54.7. The summed E-state index contributed by atoms with van der Waals surface area (Å²) in [6.45, 7) is 4.60. The van der Waals surface area contributed by atoms with Crippen molar-refractivity contribution in [3.63, 3.8) is 0 Å². The molecule has 4 rings (SSSR count). The first-order valence-corrected chi connectivity index (χ1v) is 11.8. The van der Waals surface area contributed by atoms with Gasteiger partial charge in [0, 0.05) is 25.7 Å². The molecule has 0 unspecified atom stereocenters. The molecule has 0 spiro atoms. The Balaban J connectivity index is 1.42. The van der Waals surface area contributed by atoms with Crippen LogP contribution in [0.15, 0.2) is 30.9 Å². The topological polar surface area (TPSA) is 83.3 Å². The maximum absolute atomic E-state index is 13.8. The predicted molar refractivity (Wildman–Crippen MR) is 119 cm³/mol. The second-order valence-electron chi connectivity index (χ2n) is 10.2. The van der Waals surface area contributed by atoms with Gasteiger partial charge >= 0.3 is 6.18 Å². The number of aromatic nitrogens is 3. The van der Waals surface area contributed by atoms with Gasteiger partial charge in [0.1, 0.15) is 18.5 Å². The summed E-state index contributed by atoms with van der Waals surface area (Å²) in [6.07, 6.45) is 1.98. The van der Waals surface area contributed by atoms with Crippen molar-refractivity contribution >= 4 is 5.91 Å². The third-order valence-corrected chi connectivity index (χ3v) is 7.66. The minimum atomic E-state index is -4.69. The van der Waals surface area contributed by atoms with Crippen LogP contribution in [0.3, 0.4) is 0 Å². The normalized spacial score (nSPS) is 24.6. The molecule has 1 saturated heterocycles. The number of piperidine rings is 1. The van der Waals surface area contributed by atoms with Gasteiger partial charge in [0.05, 0.1) is 22.6 Å². The summed E-state index contributed by atoms with van der Waals surface area (Å²) in [5.74, 6) is -1.45. The molecule has 11 heteroatoms. The summed E-state index contributed by atoms with van der Waals surface area (Å²) in [6, 6.07) is 2.62. The maximum atomic E-state index is 13.8. The molecule has 35 heavy (non-hydrogen) atoms. The highest BCUT2D eigenvalue weighted by molar-refractivity contribution is 5.84. The Morgan fingerprint density at radius 1 is 1.17 bits per heavy atom. The van der Waals surface area contributed by atoms with Crippen LogP contribution in [0.4, 0.5) is 17.6 Å². The molecule has 0 radical (unpaired) electrons. The van der Waals surface area contributed by atoms with E-state index in [0.29, 0.717) is 18.9 Å². The average Bonchev–Trinajstić information content (AvgIpc) is 3.47. The van der Waals surface area contributed by atoms with Gasteiger partial charge in [0.15, 0.2) is 0 Å². The summed E-state index contributed by atoms with van der Waals surface area (Å²) >= 11 is 0. The highest BCUT2D eigenvalue weighted by Crippen LogP contribution is 2.49. The molecular formula is C24H31F4N5O2. The average molecular weight is 498 g/mol. The number of halogens is 4. The number of aliphatic hydroxyl groups is 1. The third-order valence-electron chi connectivity index (χ3n) is 7.66. The number of hydrogen-bond donors (Lipinski definition) is 2. The monoisotopic (exact) mass is 497 g/mol. The van der Waals surface area contributed by atoms with E-state index < -0.39 is 34.5 Å².